The van der Waals surface area contributed by atoms with E-state index in [1.54, 1.807) is 0 Å². The van der Waals surface area contributed by atoms with Crippen LogP contribution in [0.2, 0.25) is 0 Å². The van der Waals surface area contributed by atoms with Crippen LogP contribution in [-0.2, 0) is 6.42 Å². The molecule has 2 N–H and O–H groups in total. The van der Waals surface area contributed by atoms with E-state index in [9.17, 15) is 19.0 Å². The lowest BCUT2D eigenvalue weighted by molar-refractivity contribution is -0.0396. The first kappa shape index (κ1) is 28.2. The summed E-state index contributed by atoms with van der Waals surface area (Å²) in [5.41, 5.74) is 2.94. The molecule has 204 valence electrons. The highest BCUT2D eigenvalue weighted by Gasteiger charge is 2.56. The Morgan fingerprint density at radius 1 is 0.972 bits per heavy atom. The summed E-state index contributed by atoms with van der Waals surface area (Å²) < 4.78 is 24.3. The number of benzene rings is 1. The molecule has 5 heteroatoms. The van der Waals surface area contributed by atoms with Crippen LogP contribution in [0.1, 0.15) is 114 Å². The van der Waals surface area contributed by atoms with E-state index in [-0.39, 0.29) is 17.9 Å². The number of aliphatic hydroxyl groups excluding tert-OH is 1. The van der Waals surface area contributed by atoms with Crippen molar-refractivity contribution < 1.29 is 19.0 Å². The van der Waals surface area contributed by atoms with Gasteiger partial charge < -0.3 is 10.2 Å². The summed E-state index contributed by atoms with van der Waals surface area (Å²) in [6.45, 7) is 2.36. The highest BCUT2D eigenvalue weighted by molar-refractivity contribution is 7.99. The lowest BCUT2D eigenvalue weighted by Gasteiger charge is -2.53. The third-order valence-corrected chi connectivity index (χ3v) is 11.1. The normalized spacial score (nSPS) is 31.3. The van der Waals surface area contributed by atoms with Gasteiger partial charge in [-0.15, -0.1) is 0 Å². The van der Waals surface area contributed by atoms with Gasteiger partial charge in [0.2, 0.25) is 6.43 Å². The van der Waals surface area contributed by atoms with Gasteiger partial charge in [0.1, 0.15) is 5.75 Å². The van der Waals surface area contributed by atoms with Crippen molar-refractivity contribution in [3.63, 3.8) is 0 Å². The minimum atomic E-state index is -2.15. The second-order valence-electron chi connectivity index (χ2n) is 12.2. The zero-order valence-corrected chi connectivity index (χ0v) is 23.1. The first-order chi connectivity index (χ1) is 17.4. The summed E-state index contributed by atoms with van der Waals surface area (Å²) in [4.78, 5) is 0. The Bertz CT molecular complexity index is 818. The van der Waals surface area contributed by atoms with E-state index in [1.807, 2.05) is 23.9 Å². The lowest BCUT2D eigenvalue weighted by atomic mass is 9.52. The van der Waals surface area contributed by atoms with Gasteiger partial charge in [-0.25, -0.2) is 8.78 Å². The standard InChI is InChI=1S/C31H48F2O2S/c1-31-17-16-26-25-13-12-24(34)21-23(25)20-22(30(26)27(31)14-15-28(31)35)10-7-5-3-2-4-6-8-18-36-19-9-11-29(32)33/h12-13,21-22,26-30,34-35H,2-11,14-20H2,1H3/t22?,26?,27?,28-,30?,31-/m0/s1. The monoisotopic (exact) mass is 522 g/mol. The zero-order chi connectivity index (χ0) is 25.5. The minimum Gasteiger partial charge on any atom is -0.508 e. The van der Waals surface area contributed by atoms with E-state index < -0.39 is 6.43 Å². The average molecular weight is 523 g/mol. The van der Waals surface area contributed by atoms with Crippen molar-refractivity contribution in [3.05, 3.63) is 29.3 Å². The molecule has 0 heterocycles. The maximum atomic E-state index is 12.1. The summed E-state index contributed by atoms with van der Waals surface area (Å²) in [6.07, 6.45) is 14.2. The van der Waals surface area contributed by atoms with Crippen LogP contribution >= 0.6 is 11.8 Å². The smallest absolute Gasteiger partial charge is 0.238 e. The van der Waals surface area contributed by atoms with Crippen molar-refractivity contribution in [2.45, 2.75) is 122 Å². The maximum absolute atomic E-state index is 12.1. The minimum absolute atomic E-state index is 0.0478. The fraction of sp³-hybridized carbons (Fsp3) is 0.806. The third-order valence-electron chi connectivity index (χ3n) is 9.91. The molecule has 0 spiro atoms. The van der Waals surface area contributed by atoms with Crippen LogP contribution in [0.4, 0.5) is 8.78 Å². The van der Waals surface area contributed by atoms with Gasteiger partial charge in [-0.3, -0.25) is 0 Å². The molecule has 36 heavy (non-hydrogen) atoms. The van der Waals surface area contributed by atoms with Crippen LogP contribution in [0.25, 0.3) is 0 Å². The van der Waals surface area contributed by atoms with Crippen molar-refractivity contribution in [3.8, 4) is 5.75 Å². The van der Waals surface area contributed by atoms with Crippen LogP contribution in [-0.4, -0.2) is 34.2 Å². The number of aromatic hydroxyl groups is 1. The molecular formula is C31H48F2O2S. The molecule has 2 saturated carbocycles. The Kier molecular flexibility index (Phi) is 10.4. The van der Waals surface area contributed by atoms with Gasteiger partial charge in [0.25, 0.3) is 0 Å². The number of hydrogen-bond donors (Lipinski definition) is 2. The van der Waals surface area contributed by atoms with E-state index >= 15 is 0 Å². The summed E-state index contributed by atoms with van der Waals surface area (Å²) in [6, 6.07) is 6.08. The van der Waals surface area contributed by atoms with Crippen molar-refractivity contribution in [2.24, 2.45) is 23.2 Å². The lowest BCUT2D eigenvalue weighted by Crippen LogP contribution is -2.47. The Morgan fingerprint density at radius 2 is 1.69 bits per heavy atom. The van der Waals surface area contributed by atoms with Crippen LogP contribution in [0.5, 0.6) is 5.75 Å². The molecule has 0 radical (unpaired) electrons. The van der Waals surface area contributed by atoms with Gasteiger partial charge in [0.15, 0.2) is 0 Å². The highest BCUT2D eigenvalue weighted by Crippen LogP contribution is 2.62. The molecule has 4 unspecified atom stereocenters. The Balaban J connectivity index is 1.20. The van der Waals surface area contributed by atoms with Crippen LogP contribution < -0.4 is 0 Å². The number of hydrogen-bond acceptors (Lipinski definition) is 3. The topological polar surface area (TPSA) is 40.5 Å². The number of phenolic OH excluding ortho intramolecular Hbond substituents is 1. The second-order valence-corrected chi connectivity index (χ2v) is 13.4. The molecular weight excluding hydrogens is 474 g/mol. The quantitative estimate of drug-likeness (QED) is 0.240. The molecule has 2 fully saturated rings. The van der Waals surface area contributed by atoms with Crippen molar-refractivity contribution in [1.29, 1.82) is 0 Å². The molecule has 0 aliphatic heterocycles. The van der Waals surface area contributed by atoms with Gasteiger partial charge in [-0.1, -0.05) is 51.5 Å². The van der Waals surface area contributed by atoms with Gasteiger partial charge in [0.05, 0.1) is 6.10 Å². The van der Waals surface area contributed by atoms with Crippen molar-refractivity contribution >= 4 is 11.8 Å². The van der Waals surface area contributed by atoms with E-state index in [2.05, 4.69) is 13.0 Å². The van der Waals surface area contributed by atoms with Crippen LogP contribution in [0.3, 0.4) is 0 Å². The number of alkyl halides is 2. The fourth-order valence-electron chi connectivity index (χ4n) is 7.97. The number of thioether (sulfide) groups is 1. The summed E-state index contributed by atoms with van der Waals surface area (Å²) in [7, 11) is 0. The van der Waals surface area contributed by atoms with E-state index in [1.165, 1.54) is 75.3 Å². The largest absolute Gasteiger partial charge is 0.508 e. The first-order valence-corrected chi connectivity index (χ1v) is 15.9. The molecule has 6 atom stereocenters. The zero-order valence-electron chi connectivity index (χ0n) is 22.3. The molecule has 0 aromatic heterocycles. The predicted octanol–water partition coefficient (Wildman–Crippen LogP) is 8.73. The summed E-state index contributed by atoms with van der Waals surface area (Å²) in [5, 5.41) is 21.0. The molecule has 0 bridgehead atoms. The van der Waals surface area contributed by atoms with E-state index in [0.717, 1.165) is 30.8 Å². The van der Waals surface area contributed by atoms with Gasteiger partial charge in [-0.05, 0) is 115 Å². The Hall–Kier alpha value is -0.810. The summed E-state index contributed by atoms with van der Waals surface area (Å²) in [5.74, 6) is 4.95. The molecule has 0 saturated heterocycles. The van der Waals surface area contributed by atoms with Crippen molar-refractivity contribution in [1.82, 2.24) is 0 Å². The van der Waals surface area contributed by atoms with Gasteiger partial charge in [0, 0.05) is 6.42 Å². The second kappa shape index (κ2) is 13.3. The molecule has 2 nitrogen and oxygen atoms in total. The Labute approximate surface area is 222 Å². The third kappa shape index (κ3) is 6.79. The number of halogens is 2. The first-order valence-electron chi connectivity index (χ1n) is 14.8. The number of aliphatic hydroxyl groups is 1. The number of phenols is 1. The molecule has 3 aliphatic rings. The average Bonchev–Trinajstić information content (AvgIpc) is 3.15. The molecule has 3 aliphatic carbocycles. The number of fused-ring (bicyclic) bond motifs is 5. The highest BCUT2D eigenvalue weighted by atomic mass is 32.2. The van der Waals surface area contributed by atoms with Gasteiger partial charge >= 0.3 is 0 Å². The van der Waals surface area contributed by atoms with Crippen LogP contribution in [0.15, 0.2) is 18.2 Å². The van der Waals surface area contributed by atoms with E-state index in [4.69, 9.17) is 0 Å². The maximum Gasteiger partial charge on any atom is 0.238 e. The fourth-order valence-corrected chi connectivity index (χ4v) is 8.95. The molecule has 1 aromatic rings. The predicted molar refractivity (Wildman–Crippen MR) is 147 cm³/mol. The Morgan fingerprint density at radius 3 is 2.47 bits per heavy atom. The molecule has 4 rings (SSSR count). The van der Waals surface area contributed by atoms with Crippen molar-refractivity contribution in [2.75, 3.05) is 11.5 Å². The van der Waals surface area contributed by atoms with Gasteiger partial charge in [-0.2, -0.15) is 11.8 Å². The number of rotatable bonds is 14. The number of unbranched alkanes of at least 4 members (excludes halogenated alkanes) is 6. The SMILES string of the molecule is C[C@]12CCC3c4ccc(O)cc4CC(CCCCCCCCCSCCCC(F)F)C3C1CC[C@@H]2O. The van der Waals surface area contributed by atoms with Crippen LogP contribution in [0, 0.1) is 23.2 Å². The van der Waals surface area contributed by atoms with E-state index in [0.29, 0.717) is 35.8 Å². The summed E-state index contributed by atoms with van der Waals surface area (Å²) >= 11 is 1.83. The molecule has 0 amide bonds. The molecule has 1 aromatic carbocycles.